The quantitative estimate of drug-likeness (QED) is 0.533. The Bertz CT molecular complexity index is 248. The van der Waals surface area contributed by atoms with E-state index in [2.05, 4.69) is 58.2 Å². The van der Waals surface area contributed by atoms with Gasteiger partial charge in [-0.25, -0.2) is 0 Å². The predicted octanol–water partition coefficient (Wildman–Crippen LogP) is 4.08. The Morgan fingerprint density at radius 1 is 1.00 bits per heavy atom. The number of alkyl halides is 1. The predicted molar refractivity (Wildman–Crippen MR) is 72.0 cm³/mol. The summed E-state index contributed by atoms with van der Waals surface area (Å²) in [5, 5.41) is 1.14. The van der Waals surface area contributed by atoms with Crippen molar-refractivity contribution in [1.82, 2.24) is 0 Å². The Morgan fingerprint density at radius 2 is 1.67 bits per heavy atom. The van der Waals surface area contributed by atoms with Gasteiger partial charge in [-0.15, -0.1) is 0 Å². The Kier molecular flexibility index (Phi) is 6.49. The number of nitrogens with zero attached hydrogens (tertiary/aromatic N) is 1. The maximum absolute atomic E-state index is 3.46. The van der Waals surface area contributed by atoms with Crippen LogP contribution in [-0.2, 0) is 0 Å². The molecule has 84 valence electrons. The fourth-order valence-corrected chi connectivity index (χ4v) is 2.01. The van der Waals surface area contributed by atoms with Crippen LogP contribution in [0.2, 0.25) is 0 Å². The Hall–Kier alpha value is -0.500. The summed E-state index contributed by atoms with van der Waals surface area (Å²) in [5.41, 5.74) is 1.32. The first-order valence-electron chi connectivity index (χ1n) is 5.66. The Morgan fingerprint density at radius 3 is 2.33 bits per heavy atom. The van der Waals surface area contributed by atoms with Crippen LogP contribution in [0, 0.1) is 0 Å². The number of unbranched alkanes of at least 4 members (excludes halogenated alkanes) is 3. The third-order valence-corrected chi connectivity index (χ3v) is 3.13. The second-order valence-corrected chi connectivity index (χ2v) is 4.65. The molecule has 0 bridgehead atoms. The molecule has 0 heterocycles. The minimum Gasteiger partial charge on any atom is -0.375 e. The lowest BCUT2D eigenvalue weighted by atomic mass is 10.2. The second-order valence-electron chi connectivity index (χ2n) is 3.86. The lowest BCUT2D eigenvalue weighted by Crippen LogP contribution is -2.18. The number of halogens is 1. The molecule has 0 aromatic heterocycles. The van der Waals surface area contributed by atoms with Crippen LogP contribution in [0.15, 0.2) is 30.3 Å². The van der Waals surface area contributed by atoms with Crippen molar-refractivity contribution in [3.8, 4) is 0 Å². The molecule has 0 N–H and O–H groups in total. The highest BCUT2D eigenvalue weighted by Crippen LogP contribution is 2.12. The van der Waals surface area contributed by atoms with Gasteiger partial charge in [-0.1, -0.05) is 47.0 Å². The number of anilines is 1. The van der Waals surface area contributed by atoms with E-state index in [0.717, 1.165) is 11.9 Å². The van der Waals surface area contributed by atoms with Gasteiger partial charge < -0.3 is 4.90 Å². The van der Waals surface area contributed by atoms with Crippen LogP contribution in [0.4, 0.5) is 5.69 Å². The molecule has 0 aliphatic rings. The molecule has 0 amide bonds. The molecule has 0 aliphatic heterocycles. The van der Waals surface area contributed by atoms with E-state index in [1.807, 2.05) is 0 Å². The third kappa shape index (κ3) is 5.22. The summed E-state index contributed by atoms with van der Waals surface area (Å²) in [4.78, 5) is 2.33. The highest BCUT2D eigenvalue weighted by Gasteiger charge is 1.98. The number of hydrogen-bond acceptors (Lipinski definition) is 1. The van der Waals surface area contributed by atoms with E-state index in [4.69, 9.17) is 0 Å². The molecule has 0 unspecified atom stereocenters. The first-order chi connectivity index (χ1) is 7.34. The van der Waals surface area contributed by atoms with Gasteiger partial charge in [0, 0.05) is 24.6 Å². The second kappa shape index (κ2) is 7.75. The van der Waals surface area contributed by atoms with Crippen LogP contribution in [-0.4, -0.2) is 18.9 Å². The summed E-state index contributed by atoms with van der Waals surface area (Å²) in [7, 11) is 2.17. The average molecular weight is 270 g/mol. The van der Waals surface area contributed by atoms with Crippen LogP contribution in [0.5, 0.6) is 0 Å². The zero-order valence-corrected chi connectivity index (χ0v) is 11.0. The molecule has 1 nitrogen and oxygen atoms in total. The van der Waals surface area contributed by atoms with Gasteiger partial charge in [0.1, 0.15) is 0 Å². The van der Waals surface area contributed by atoms with Gasteiger partial charge in [-0.2, -0.15) is 0 Å². The van der Waals surface area contributed by atoms with Gasteiger partial charge in [0.2, 0.25) is 0 Å². The minimum atomic E-state index is 1.14. The smallest absolute Gasteiger partial charge is 0.0363 e. The molecular weight excluding hydrogens is 250 g/mol. The van der Waals surface area contributed by atoms with Gasteiger partial charge in [0.15, 0.2) is 0 Å². The number of rotatable bonds is 7. The highest BCUT2D eigenvalue weighted by molar-refractivity contribution is 9.09. The topological polar surface area (TPSA) is 3.24 Å². The SMILES string of the molecule is CN(CCCCCCBr)c1ccccc1. The van der Waals surface area contributed by atoms with Crippen LogP contribution in [0.25, 0.3) is 0 Å². The van der Waals surface area contributed by atoms with E-state index < -0.39 is 0 Å². The zero-order chi connectivity index (χ0) is 10.9. The van der Waals surface area contributed by atoms with Crippen molar-refractivity contribution < 1.29 is 0 Å². The highest BCUT2D eigenvalue weighted by atomic mass is 79.9. The average Bonchev–Trinajstić information content (AvgIpc) is 2.30. The lowest BCUT2D eigenvalue weighted by molar-refractivity contribution is 0.665. The molecule has 1 rings (SSSR count). The van der Waals surface area contributed by atoms with Crippen molar-refractivity contribution in [2.45, 2.75) is 25.7 Å². The van der Waals surface area contributed by atoms with E-state index in [9.17, 15) is 0 Å². The van der Waals surface area contributed by atoms with Crippen molar-refractivity contribution in [1.29, 1.82) is 0 Å². The summed E-state index contributed by atoms with van der Waals surface area (Å²) in [6, 6.07) is 10.6. The van der Waals surface area contributed by atoms with E-state index in [1.54, 1.807) is 0 Å². The van der Waals surface area contributed by atoms with Crippen molar-refractivity contribution in [2.75, 3.05) is 23.8 Å². The van der Waals surface area contributed by atoms with Crippen molar-refractivity contribution in [3.05, 3.63) is 30.3 Å². The molecule has 0 radical (unpaired) electrons. The van der Waals surface area contributed by atoms with Gasteiger partial charge in [-0.3, -0.25) is 0 Å². The molecule has 0 spiro atoms. The first kappa shape index (κ1) is 12.6. The fourth-order valence-electron chi connectivity index (χ4n) is 1.61. The van der Waals surface area contributed by atoms with Crippen molar-refractivity contribution >= 4 is 21.6 Å². The number of para-hydroxylation sites is 1. The molecular formula is C13H20BrN. The van der Waals surface area contributed by atoms with E-state index in [0.29, 0.717) is 0 Å². The Balaban J connectivity index is 2.16. The molecule has 0 saturated carbocycles. The number of benzene rings is 1. The fraction of sp³-hybridized carbons (Fsp3) is 0.538. The summed E-state index contributed by atoms with van der Waals surface area (Å²) in [5.74, 6) is 0. The van der Waals surface area contributed by atoms with E-state index in [1.165, 1.54) is 31.4 Å². The summed E-state index contributed by atoms with van der Waals surface area (Å²) in [6.07, 6.45) is 5.27. The Labute approximate surface area is 102 Å². The van der Waals surface area contributed by atoms with Gasteiger partial charge in [-0.05, 0) is 25.0 Å². The third-order valence-electron chi connectivity index (χ3n) is 2.57. The van der Waals surface area contributed by atoms with Crippen molar-refractivity contribution in [3.63, 3.8) is 0 Å². The molecule has 0 saturated heterocycles. The monoisotopic (exact) mass is 269 g/mol. The minimum absolute atomic E-state index is 1.14. The molecule has 0 fully saturated rings. The molecule has 0 aliphatic carbocycles. The van der Waals surface area contributed by atoms with Crippen LogP contribution >= 0.6 is 15.9 Å². The van der Waals surface area contributed by atoms with E-state index >= 15 is 0 Å². The molecule has 15 heavy (non-hydrogen) atoms. The summed E-state index contributed by atoms with van der Waals surface area (Å²) >= 11 is 3.46. The largest absolute Gasteiger partial charge is 0.375 e. The van der Waals surface area contributed by atoms with E-state index in [-0.39, 0.29) is 0 Å². The molecule has 2 heteroatoms. The maximum atomic E-state index is 3.46. The van der Waals surface area contributed by atoms with Crippen molar-refractivity contribution in [2.24, 2.45) is 0 Å². The summed E-state index contributed by atoms with van der Waals surface area (Å²) in [6.45, 7) is 1.16. The van der Waals surface area contributed by atoms with Crippen LogP contribution in [0.1, 0.15) is 25.7 Å². The summed E-state index contributed by atoms with van der Waals surface area (Å²) < 4.78 is 0. The standard InChI is InChI=1S/C13H20BrN/c1-15(12-8-3-2-7-11-14)13-9-5-4-6-10-13/h4-6,9-10H,2-3,7-8,11-12H2,1H3. The molecule has 1 aromatic carbocycles. The zero-order valence-electron chi connectivity index (χ0n) is 9.45. The molecule has 0 atom stereocenters. The van der Waals surface area contributed by atoms with Crippen LogP contribution < -0.4 is 4.90 Å². The molecule has 1 aromatic rings. The lowest BCUT2D eigenvalue weighted by Gasteiger charge is -2.18. The number of hydrogen-bond donors (Lipinski definition) is 0. The van der Waals surface area contributed by atoms with Gasteiger partial charge >= 0.3 is 0 Å². The normalized spacial score (nSPS) is 10.3. The van der Waals surface area contributed by atoms with Gasteiger partial charge in [0.05, 0.1) is 0 Å². The maximum Gasteiger partial charge on any atom is 0.0363 e. The van der Waals surface area contributed by atoms with Gasteiger partial charge in [0.25, 0.3) is 0 Å². The van der Waals surface area contributed by atoms with Crippen LogP contribution in [0.3, 0.4) is 0 Å². The first-order valence-corrected chi connectivity index (χ1v) is 6.79.